The lowest BCUT2D eigenvalue weighted by atomic mass is 10.0. The van der Waals surface area contributed by atoms with E-state index in [0.29, 0.717) is 25.1 Å². The zero-order valence-corrected chi connectivity index (χ0v) is 20.6. The summed E-state index contributed by atoms with van der Waals surface area (Å²) in [6, 6.07) is 17.5. The van der Waals surface area contributed by atoms with E-state index in [9.17, 15) is 13.2 Å². The van der Waals surface area contributed by atoms with Crippen LogP contribution in [0.3, 0.4) is 0 Å². The SMILES string of the molecule is COc1ccccc1C(CNC(=O)c1ccc(S(=O)(=O)NCCc2cccs2)cc1)N(C)C. The normalized spacial score (nSPS) is 12.5. The van der Waals surface area contributed by atoms with E-state index in [-0.39, 0.29) is 16.8 Å². The van der Waals surface area contributed by atoms with E-state index in [1.807, 2.05) is 60.8 Å². The summed E-state index contributed by atoms with van der Waals surface area (Å²) in [4.78, 5) is 16.0. The summed E-state index contributed by atoms with van der Waals surface area (Å²) >= 11 is 1.59. The molecule has 0 spiro atoms. The Labute approximate surface area is 199 Å². The van der Waals surface area contributed by atoms with Crippen LogP contribution in [0, 0.1) is 0 Å². The molecular weight excluding hydrogens is 458 g/mol. The monoisotopic (exact) mass is 487 g/mol. The van der Waals surface area contributed by atoms with Crippen molar-refractivity contribution in [2.75, 3.05) is 34.3 Å². The summed E-state index contributed by atoms with van der Waals surface area (Å²) in [7, 11) is 1.87. The lowest BCUT2D eigenvalue weighted by Gasteiger charge is -2.26. The van der Waals surface area contributed by atoms with Crippen LogP contribution in [0.25, 0.3) is 0 Å². The molecule has 1 amide bonds. The molecule has 3 rings (SSSR count). The zero-order chi connectivity index (χ0) is 23.8. The topological polar surface area (TPSA) is 87.7 Å². The molecule has 7 nitrogen and oxygen atoms in total. The molecule has 2 N–H and O–H groups in total. The largest absolute Gasteiger partial charge is 0.496 e. The Bertz CT molecular complexity index is 1140. The number of thiophene rings is 1. The van der Waals surface area contributed by atoms with Crippen LogP contribution in [0.5, 0.6) is 5.75 Å². The average molecular weight is 488 g/mol. The molecule has 1 aromatic heterocycles. The minimum Gasteiger partial charge on any atom is -0.496 e. The van der Waals surface area contributed by atoms with Crippen molar-refractivity contribution in [2.45, 2.75) is 17.4 Å². The number of amides is 1. The molecule has 9 heteroatoms. The molecule has 0 aliphatic rings. The second kappa shape index (κ2) is 11.4. The number of para-hydroxylation sites is 1. The molecule has 176 valence electrons. The van der Waals surface area contributed by atoms with Gasteiger partial charge in [-0.3, -0.25) is 4.79 Å². The van der Waals surface area contributed by atoms with E-state index >= 15 is 0 Å². The van der Waals surface area contributed by atoms with Crippen molar-refractivity contribution in [3.8, 4) is 5.75 Å². The lowest BCUT2D eigenvalue weighted by molar-refractivity contribution is 0.0941. The number of rotatable bonds is 11. The van der Waals surface area contributed by atoms with Crippen molar-refractivity contribution in [2.24, 2.45) is 0 Å². The third-order valence-corrected chi connectivity index (χ3v) is 7.66. The highest BCUT2D eigenvalue weighted by Gasteiger charge is 2.20. The van der Waals surface area contributed by atoms with Gasteiger partial charge in [-0.25, -0.2) is 13.1 Å². The Kier molecular flexibility index (Phi) is 8.62. The van der Waals surface area contributed by atoms with Gasteiger partial charge in [-0.1, -0.05) is 24.3 Å². The Balaban J connectivity index is 1.61. The molecule has 3 aromatic rings. The van der Waals surface area contributed by atoms with Crippen LogP contribution < -0.4 is 14.8 Å². The Hall–Kier alpha value is -2.72. The molecule has 0 saturated carbocycles. The number of ether oxygens (including phenoxy) is 1. The minimum absolute atomic E-state index is 0.0858. The Morgan fingerprint density at radius 1 is 1.06 bits per heavy atom. The van der Waals surface area contributed by atoms with Crippen LogP contribution in [-0.4, -0.2) is 53.5 Å². The number of carbonyl (C=O) groups excluding carboxylic acids is 1. The van der Waals surface area contributed by atoms with E-state index in [1.165, 1.54) is 24.3 Å². The number of hydrogen-bond acceptors (Lipinski definition) is 6. The Morgan fingerprint density at radius 2 is 1.79 bits per heavy atom. The number of methoxy groups -OCH3 is 1. The molecule has 1 heterocycles. The molecular formula is C24H29N3O4S2. The third kappa shape index (κ3) is 6.64. The summed E-state index contributed by atoms with van der Waals surface area (Å²) in [6.07, 6.45) is 0.636. The standard InChI is InChI=1S/C24H29N3O4S2/c1-27(2)22(21-8-4-5-9-23(21)31-3)17-25-24(28)18-10-12-20(13-11-18)33(29,30)26-15-14-19-7-6-16-32-19/h4-13,16,22,26H,14-15,17H2,1-3H3,(H,25,28). The summed E-state index contributed by atoms with van der Waals surface area (Å²) in [5.41, 5.74) is 1.37. The van der Waals surface area contributed by atoms with Crippen molar-refractivity contribution >= 4 is 27.3 Å². The number of sulfonamides is 1. The Morgan fingerprint density at radius 3 is 2.42 bits per heavy atom. The highest BCUT2D eigenvalue weighted by Crippen LogP contribution is 2.27. The first kappa shape index (κ1) is 24.9. The van der Waals surface area contributed by atoms with Crippen LogP contribution in [0.15, 0.2) is 70.9 Å². The fourth-order valence-electron chi connectivity index (χ4n) is 3.44. The average Bonchev–Trinajstić information content (AvgIpc) is 3.32. The van der Waals surface area contributed by atoms with Gasteiger partial charge in [0.2, 0.25) is 10.0 Å². The molecule has 1 unspecified atom stereocenters. The van der Waals surface area contributed by atoms with Crippen molar-refractivity contribution in [1.82, 2.24) is 14.9 Å². The first-order chi connectivity index (χ1) is 15.8. The number of likely N-dealkylation sites (N-methyl/N-ethyl adjacent to an activating group) is 1. The first-order valence-electron chi connectivity index (χ1n) is 10.5. The highest BCUT2D eigenvalue weighted by molar-refractivity contribution is 7.89. The van der Waals surface area contributed by atoms with Gasteiger partial charge < -0.3 is 15.0 Å². The molecule has 0 bridgehead atoms. The van der Waals surface area contributed by atoms with Crippen LogP contribution in [0.2, 0.25) is 0 Å². The van der Waals surface area contributed by atoms with Crippen LogP contribution in [0.1, 0.15) is 26.8 Å². The molecule has 0 saturated heterocycles. The van der Waals surface area contributed by atoms with Gasteiger partial charge in [0.05, 0.1) is 18.0 Å². The highest BCUT2D eigenvalue weighted by atomic mass is 32.2. The molecule has 0 fully saturated rings. The van der Waals surface area contributed by atoms with Gasteiger partial charge in [0.25, 0.3) is 5.91 Å². The van der Waals surface area contributed by atoms with Crippen LogP contribution in [-0.2, 0) is 16.4 Å². The summed E-state index contributed by atoms with van der Waals surface area (Å²) in [5, 5.41) is 4.90. The molecule has 0 radical (unpaired) electrons. The second-order valence-corrected chi connectivity index (χ2v) is 10.5. The summed E-state index contributed by atoms with van der Waals surface area (Å²) in [5.74, 6) is 0.484. The molecule has 1 atom stereocenters. The van der Waals surface area contributed by atoms with Gasteiger partial charge in [0.15, 0.2) is 0 Å². The molecule has 33 heavy (non-hydrogen) atoms. The van der Waals surface area contributed by atoms with E-state index in [1.54, 1.807) is 18.4 Å². The molecule has 0 aliphatic heterocycles. The van der Waals surface area contributed by atoms with Gasteiger partial charge in [-0.2, -0.15) is 0 Å². The zero-order valence-electron chi connectivity index (χ0n) is 18.9. The van der Waals surface area contributed by atoms with Crippen LogP contribution in [0.4, 0.5) is 0 Å². The lowest BCUT2D eigenvalue weighted by Crippen LogP contribution is -2.34. The third-order valence-electron chi connectivity index (χ3n) is 5.25. The van der Waals surface area contributed by atoms with Crippen molar-refractivity contribution in [3.63, 3.8) is 0 Å². The quantitative estimate of drug-likeness (QED) is 0.433. The van der Waals surface area contributed by atoms with Gasteiger partial charge in [0, 0.05) is 29.1 Å². The van der Waals surface area contributed by atoms with Gasteiger partial charge >= 0.3 is 0 Å². The summed E-state index contributed by atoms with van der Waals surface area (Å²) < 4.78 is 33.1. The maximum absolute atomic E-state index is 12.7. The van der Waals surface area contributed by atoms with Gasteiger partial charge in [0.1, 0.15) is 5.75 Å². The fourth-order valence-corrected chi connectivity index (χ4v) is 5.18. The number of nitrogens with one attached hydrogen (secondary N) is 2. The predicted molar refractivity (Wildman–Crippen MR) is 131 cm³/mol. The van der Waals surface area contributed by atoms with Crippen molar-refractivity contribution in [3.05, 3.63) is 82.0 Å². The van der Waals surface area contributed by atoms with E-state index in [0.717, 1.165) is 16.2 Å². The number of nitrogens with zero attached hydrogens (tertiary/aromatic N) is 1. The van der Waals surface area contributed by atoms with Crippen LogP contribution >= 0.6 is 11.3 Å². The number of benzene rings is 2. The van der Waals surface area contributed by atoms with E-state index in [4.69, 9.17) is 4.74 Å². The molecule has 0 aliphatic carbocycles. The van der Waals surface area contributed by atoms with Crippen molar-refractivity contribution < 1.29 is 17.9 Å². The van der Waals surface area contributed by atoms with Gasteiger partial charge in [-0.05, 0) is 62.3 Å². The predicted octanol–water partition coefficient (Wildman–Crippen LogP) is 3.31. The summed E-state index contributed by atoms with van der Waals surface area (Å²) in [6.45, 7) is 0.691. The van der Waals surface area contributed by atoms with Crippen molar-refractivity contribution in [1.29, 1.82) is 0 Å². The number of carbonyl (C=O) groups is 1. The fraction of sp³-hybridized carbons (Fsp3) is 0.292. The number of hydrogen-bond donors (Lipinski definition) is 2. The van der Waals surface area contributed by atoms with E-state index in [2.05, 4.69) is 10.0 Å². The molecule has 2 aromatic carbocycles. The van der Waals surface area contributed by atoms with E-state index < -0.39 is 10.0 Å². The smallest absolute Gasteiger partial charge is 0.251 e. The second-order valence-electron chi connectivity index (χ2n) is 7.68. The van der Waals surface area contributed by atoms with Gasteiger partial charge in [-0.15, -0.1) is 11.3 Å². The maximum Gasteiger partial charge on any atom is 0.251 e. The first-order valence-corrected chi connectivity index (χ1v) is 12.9. The minimum atomic E-state index is -3.63. The maximum atomic E-state index is 12.7.